The Balaban J connectivity index is 1.73. The second-order valence-corrected chi connectivity index (χ2v) is 6.74. The van der Waals surface area contributed by atoms with Crippen molar-refractivity contribution in [1.29, 1.82) is 0 Å². The lowest BCUT2D eigenvalue weighted by Crippen LogP contribution is -2.18. The average Bonchev–Trinajstić information content (AvgIpc) is 2.71. The SMILES string of the molecule is COc1cccc(CN[C@@H](C)c2ccccc2)c1OCc1cccc(C)c1. The van der Waals surface area contributed by atoms with Gasteiger partial charge in [-0.15, -0.1) is 0 Å². The largest absolute Gasteiger partial charge is 0.493 e. The predicted molar refractivity (Wildman–Crippen MR) is 110 cm³/mol. The first-order chi connectivity index (χ1) is 13.2. The van der Waals surface area contributed by atoms with Crippen LogP contribution in [-0.4, -0.2) is 7.11 Å². The molecule has 3 aromatic carbocycles. The highest BCUT2D eigenvalue weighted by Crippen LogP contribution is 2.32. The highest BCUT2D eigenvalue weighted by Gasteiger charge is 2.12. The van der Waals surface area contributed by atoms with Gasteiger partial charge in [-0.05, 0) is 31.0 Å². The van der Waals surface area contributed by atoms with E-state index in [0.29, 0.717) is 13.2 Å². The molecule has 0 saturated carbocycles. The summed E-state index contributed by atoms with van der Waals surface area (Å²) < 4.78 is 11.7. The van der Waals surface area contributed by atoms with E-state index in [-0.39, 0.29) is 6.04 Å². The fourth-order valence-corrected chi connectivity index (χ4v) is 3.11. The third-order valence-corrected chi connectivity index (χ3v) is 4.64. The summed E-state index contributed by atoms with van der Waals surface area (Å²) in [4.78, 5) is 0. The van der Waals surface area contributed by atoms with Crippen molar-refractivity contribution in [2.75, 3.05) is 7.11 Å². The van der Waals surface area contributed by atoms with Crippen LogP contribution in [0.15, 0.2) is 72.8 Å². The lowest BCUT2D eigenvalue weighted by atomic mass is 10.1. The molecular formula is C24H27NO2. The molecule has 0 bridgehead atoms. The van der Waals surface area contributed by atoms with Gasteiger partial charge in [-0.2, -0.15) is 0 Å². The van der Waals surface area contributed by atoms with Gasteiger partial charge in [0.05, 0.1) is 7.11 Å². The number of nitrogens with one attached hydrogen (secondary N) is 1. The first-order valence-electron chi connectivity index (χ1n) is 9.30. The molecule has 3 aromatic rings. The minimum atomic E-state index is 0.252. The topological polar surface area (TPSA) is 30.5 Å². The van der Waals surface area contributed by atoms with Crippen LogP contribution in [0.4, 0.5) is 0 Å². The summed E-state index contributed by atoms with van der Waals surface area (Å²) in [7, 11) is 1.68. The molecule has 3 rings (SSSR count). The van der Waals surface area contributed by atoms with E-state index in [0.717, 1.165) is 22.6 Å². The molecule has 0 fully saturated rings. The van der Waals surface area contributed by atoms with Gasteiger partial charge in [0.15, 0.2) is 11.5 Å². The van der Waals surface area contributed by atoms with Crippen LogP contribution in [0.1, 0.15) is 35.2 Å². The van der Waals surface area contributed by atoms with E-state index in [1.165, 1.54) is 11.1 Å². The number of benzene rings is 3. The molecule has 0 heterocycles. The molecule has 0 unspecified atom stereocenters. The lowest BCUT2D eigenvalue weighted by Gasteiger charge is -2.18. The van der Waals surface area contributed by atoms with Crippen molar-refractivity contribution in [3.05, 3.63) is 95.1 Å². The molecule has 3 nitrogen and oxygen atoms in total. The molecule has 0 saturated heterocycles. The Morgan fingerprint density at radius 2 is 1.70 bits per heavy atom. The molecule has 0 amide bonds. The molecule has 0 radical (unpaired) electrons. The molecule has 3 heteroatoms. The van der Waals surface area contributed by atoms with Gasteiger partial charge < -0.3 is 14.8 Å². The molecule has 1 atom stereocenters. The number of hydrogen-bond donors (Lipinski definition) is 1. The van der Waals surface area contributed by atoms with Crippen LogP contribution in [0.3, 0.4) is 0 Å². The Labute approximate surface area is 162 Å². The highest BCUT2D eigenvalue weighted by atomic mass is 16.5. The van der Waals surface area contributed by atoms with Gasteiger partial charge in [0, 0.05) is 18.2 Å². The lowest BCUT2D eigenvalue weighted by molar-refractivity contribution is 0.280. The summed E-state index contributed by atoms with van der Waals surface area (Å²) in [6.07, 6.45) is 0. The van der Waals surface area contributed by atoms with Crippen molar-refractivity contribution in [2.45, 2.75) is 33.0 Å². The zero-order valence-corrected chi connectivity index (χ0v) is 16.2. The molecule has 1 N–H and O–H groups in total. The number of aryl methyl sites for hydroxylation is 1. The third-order valence-electron chi connectivity index (χ3n) is 4.64. The maximum Gasteiger partial charge on any atom is 0.166 e. The fourth-order valence-electron chi connectivity index (χ4n) is 3.11. The van der Waals surface area contributed by atoms with E-state index >= 15 is 0 Å². The average molecular weight is 361 g/mol. The first-order valence-corrected chi connectivity index (χ1v) is 9.30. The van der Waals surface area contributed by atoms with Gasteiger partial charge in [-0.3, -0.25) is 0 Å². The van der Waals surface area contributed by atoms with Crippen LogP contribution in [0, 0.1) is 6.92 Å². The molecule has 0 aromatic heterocycles. The van der Waals surface area contributed by atoms with E-state index in [1.807, 2.05) is 18.2 Å². The van der Waals surface area contributed by atoms with Crippen LogP contribution in [-0.2, 0) is 13.2 Å². The van der Waals surface area contributed by atoms with Crippen molar-refractivity contribution < 1.29 is 9.47 Å². The molecule has 0 spiro atoms. The molecule has 27 heavy (non-hydrogen) atoms. The summed E-state index contributed by atoms with van der Waals surface area (Å²) in [6.45, 7) is 5.48. The van der Waals surface area contributed by atoms with E-state index in [4.69, 9.17) is 9.47 Å². The number of methoxy groups -OCH3 is 1. The number of rotatable bonds is 8. The second-order valence-electron chi connectivity index (χ2n) is 6.74. The third kappa shape index (κ3) is 5.11. The maximum atomic E-state index is 6.17. The Hall–Kier alpha value is -2.78. The molecule has 0 aliphatic heterocycles. The van der Waals surface area contributed by atoms with Gasteiger partial charge in [0.1, 0.15) is 6.61 Å². The van der Waals surface area contributed by atoms with Gasteiger partial charge >= 0.3 is 0 Å². The van der Waals surface area contributed by atoms with Gasteiger partial charge in [0.2, 0.25) is 0 Å². The Bertz CT molecular complexity index is 861. The van der Waals surface area contributed by atoms with Crippen LogP contribution in [0.25, 0.3) is 0 Å². The summed E-state index contributed by atoms with van der Waals surface area (Å²) in [5.74, 6) is 1.56. The van der Waals surface area contributed by atoms with E-state index in [9.17, 15) is 0 Å². The van der Waals surface area contributed by atoms with Crippen LogP contribution in [0.2, 0.25) is 0 Å². The van der Waals surface area contributed by atoms with Crippen molar-refractivity contribution in [2.24, 2.45) is 0 Å². The van der Waals surface area contributed by atoms with Gasteiger partial charge in [0.25, 0.3) is 0 Å². The normalized spacial score (nSPS) is 11.8. The first kappa shape index (κ1) is 19.0. The summed E-state index contributed by atoms with van der Waals surface area (Å²) in [6, 6.07) is 25.1. The maximum absolute atomic E-state index is 6.17. The van der Waals surface area contributed by atoms with Crippen LogP contribution < -0.4 is 14.8 Å². The van der Waals surface area contributed by atoms with Crippen molar-refractivity contribution in [3.63, 3.8) is 0 Å². The van der Waals surface area contributed by atoms with Crippen LogP contribution >= 0.6 is 0 Å². The smallest absolute Gasteiger partial charge is 0.166 e. The van der Waals surface area contributed by atoms with Crippen molar-refractivity contribution in [3.8, 4) is 11.5 Å². The summed E-state index contributed by atoms with van der Waals surface area (Å²) in [5, 5.41) is 3.58. The Morgan fingerprint density at radius 3 is 2.44 bits per heavy atom. The molecule has 0 aliphatic carbocycles. The Morgan fingerprint density at radius 1 is 0.926 bits per heavy atom. The van der Waals surface area contributed by atoms with Crippen molar-refractivity contribution in [1.82, 2.24) is 5.32 Å². The minimum absolute atomic E-state index is 0.252. The zero-order valence-electron chi connectivity index (χ0n) is 16.2. The molecule has 140 valence electrons. The highest BCUT2D eigenvalue weighted by molar-refractivity contribution is 5.47. The second kappa shape index (κ2) is 9.24. The van der Waals surface area contributed by atoms with Crippen molar-refractivity contribution >= 4 is 0 Å². The summed E-state index contributed by atoms with van der Waals surface area (Å²) >= 11 is 0. The fraction of sp³-hybridized carbons (Fsp3) is 0.250. The van der Waals surface area contributed by atoms with Gasteiger partial charge in [-0.25, -0.2) is 0 Å². The van der Waals surface area contributed by atoms with E-state index in [1.54, 1.807) is 7.11 Å². The predicted octanol–water partition coefficient (Wildman–Crippen LogP) is 5.43. The monoisotopic (exact) mass is 361 g/mol. The molecular weight excluding hydrogens is 334 g/mol. The Kier molecular flexibility index (Phi) is 6.50. The van der Waals surface area contributed by atoms with Gasteiger partial charge in [-0.1, -0.05) is 72.3 Å². The molecule has 0 aliphatic rings. The van der Waals surface area contributed by atoms with E-state index < -0.39 is 0 Å². The standard InChI is InChI=1S/C24H27NO2/c1-18-9-7-10-20(15-18)17-27-24-22(13-8-14-23(24)26-3)16-25-19(2)21-11-5-4-6-12-21/h4-15,19,25H,16-17H2,1-3H3/t19-/m0/s1. The number of ether oxygens (including phenoxy) is 2. The summed E-state index contributed by atoms with van der Waals surface area (Å²) in [5.41, 5.74) is 4.74. The van der Waals surface area contributed by atoms with E-state index in [2.05, 4.69) is 73.8 Å². The minimum Gasteiger partial charge on any atom is -0.493 e. The number of para-hydroxylation sites is 1. The number of hydrogen-bond acceptors (Lipinski definition) is 3. The van der Waals surface area contributed by atoms with Crippen LogP contribution in [0.5, 0.6) is 11.5 Å². The quantitative estimate of drug-likeness (QED) is 0.580. The zero-order chi connectivity index (χ0) is 19.1.